The molecule has 5 heteroatoms. The highest BCUT2D eigenvalue weighted by molar-refractivity contribution is 5.77. The van der Waals surface area contributed by atoms with Gasteiger partial charge in [-0.3, -0.25) is 0 Å². The van der Waals surface area contributed by atoms with Gasteiger partial charge in [-0.2, -0.15) is 0 Å². The van der Waals surface area contributed by atoms with Crippen LogP contribution in [0.25, 0.3) is 0 Å². The largest absolute Gasteiger partial charge is 0.496 e. The first kappa shape index (κ1) is 15.4. The quantitative estimate of drug-likeness (QED) is 0.835. The predicted molar refractivity (Wildman–Crippen MR) is 68.6 cm³/mol. The lowest BCUT2D eigenvalue weighted by Crippen LogP contribution is -2.18. The van der Waals surface area contributed by atoms with Crippen molar-refractivity contribution >= 4 is 5.97 Å². The highest BCUT2D eigenvalue weighted by atomic mass is 19.1. The summed E-state index contributed by atoms with van der Waals surface area (Å²) in [6.07, 6.45) is -1.51. The van der Waals surface area contributed by atoms with Gasteiger partial charge in [-0.1, -0.05) is 13.8 Å². The van der Waals surface area contributed by atoms with E-state index in [1.54, 1.807) is 6.92 Å². The number of rotatable bonds is 5. The van der Waals surface area contributed by atoms with Crippen LogP contribution in [0, 0.1) is 5.82 Å². The second-order valence-electron chi connectivity index (χ2n) is 4.42. The van der Waals surface area contributed by atoms with Crippen LogP contribution < -0.4 is 4.74 Å². The summed E-state index contributed by atoms with van der Waals surface area (Å²) in [4.78, 5) is 11.6. The van der Waals surface area contributed by atoms with Crippen LogP contribution in [0.4, 0.5) is 4.39 Å². The van der Waals surface area contributed by atoms with Crippen molar-refractivity contribution in [1.82, 2.24) is 0 Å². The van der Waals surface area contributed by atoms with Crippen molar-refractivity contribution in [2.75, 3.05) is 13.7 Å². The van der Waals surface area contributed by atoms with Crippen LogP contribution in [0.5, 0.6) is 5.75 Å². The topological polar surface area (TPSA) is 55.8 Å². The van der Waals surface area contributed by atoms with Crippen molar-refractivity contribution in [3.05, 3.63) is 29.1 Å². The third-order valence-electron chi connectivity index (χ3n) is 2.74. The highest BCUT2D eigenvalue weighted by Gasteiger charge is 2.26. The van der Waals surface area contributed by atoms with E-state index in [1.165, 1.54) is 13.2 Å². The summed E-state index contributed by atoms with van der Waals surface area (Å²) >= 11 is 0. The molecular formula is C14H19FO4. The fraction of sp³-hybridized carbons (Fsp3) is 0.500. The lowest BCUT2D eigenvalue weighted by Gasteiger charge is -2.20. The van der Waals surface area contributed by atoms with Gasteiger partial charge in [0.15, 0.2) is 6.10 Å². The standard InChI is InChI=1S/C14H19FO4/c1-5-19-14(17)13(16)10-6-9(15)7-11(18-4)12(10)8(2)3/h6-8,13,16H,5H2,1-4H3. The van der Waals surface area contributed by atoms with E-state index in [9.17, 15) is 14.3 Å². The Labute approximate surface area is 112 Å². The van der Waals surface area contributed by atoms with Crippen molar-refractivity contribution < 1.29 is 23.8 Å². The van der Waals surface area contributed by atoms with Gasteiger partial charge < -0.3 is 14.6 Å². The lowest BCUT2D eigenvalue weighted by molar-refractivity contribution is -0.153. The third-order valence-corrected chi connectivity index (χ3v) is 2.74. The summed E-state index contributed by atoms with van der Waals surface area (Å²) in [6, 6.07) is 2.37. The first-order chi connectivity index (χ1) is 8.92. The first-order valence-electron chi connectivity index (χ1n) is 6.14. The van der Waals surface area contributed by atoms with Gasteiger partial charge in [-0.25, -0.2) is 9.18 Å². The first-order valence-corrected chi connectivity index (χ1v) is 6.14. The SMILES string of the molecule is CCOC(=O)C(O)c1cc(F)cc(OC)c1C(C)C. The molecule has 1 aromatic carbocycles. The molecule has 1 N–H and O–H groups in total. The molecule has 106 valence electrons. The summed E-state index contributed by atoms with van der Waals surface area (Å²) < 4.78 is 23.4. The number of methoxy groups -OCH3 is 1. The Morgan fingerprint density at radius 3 is 2.53 bits per heavy atom. The van der Waals surface area contributed by atoms with Crippen molar-refractivity contribution in [2.24, 2.45) is 0 Å². The molecule has 19 heavy (non-hydrogen) atoms. The van der Waals surface area contributed by atoms with Gasteiger partial charge in [0.1, 0.15) is 11.6 Å². The third kappa shape index (κ3) is 3.44. The van der Waals surface area contributed by atoms with E-state index >= 15 is 0 Å². The smallest absolute Gasteiger partial charge is 0.339 e. The fourth-order valence-electron chi connectivity index (χ4n) is 1.97. The van der Waals surface area contributed by atoms with Crippen LogP contribution in [0.15, 0.2) is 12.1 Å². The summed E-state index contributed by atoms with van der Waals surface area (Å²) in [5.74, 6) is -1.08. The molecule has 1 rings (SSSR count). The van der Waals surface area contributed by atoms with E-state index in [1.807, 2.05) is 13.8 Å². The number of carbonyl (C=O) groups is 1. The van der Waals surface area contributed by atoms with E-state index in [4.69, 9.17) is 9.47 Å². The number of aliphatic hydroxyl groups is 1. The molecule has 0 saturated heterocycles. The Hall–Kier alpha value is -1.62. The zero-order chi connectivity index (χ0) is 14.6. The molecule has 0 amide bonds. The minimum Gasteiger partial charge on any atom is -0.496 e. The van der Waals surface area contributed by atoms with Crippen LogP contribution in [-0.4, -0.2) is 24.8 Å². The molecular weight excluding hydrogens is 251 g/mol. The minimum atomic E-state index is -1.51. The van der Waals surface area contributed by atoms with Gasteiger partial charge in [0.25, 0.3) is 0 Å². The Kier molecular flexibility index (Phi) is 5.30. The zero-order valence-corrected chi connectivity index (χ0v) is 11.6. The van der Waals surface area contributed by atoms with E-state index in [2.05, 4.69) is 0 Å². The molecule has 1 atom stereocenters. The molecule has 0 spiro atoms. The normalized spacial score (nSPS) is 12.4. The van der Waals surface area contributed by atoms with Gasteiger partial charge in [0.2, 0.25) is 0 Å². The van der Waals surface area contributed by atoms with Crippen molar-refractivity contribution in [3.8, 4) is 5.75 Å². The van der Waals surface area contributed by atoms with Gasteiger partial charge in [0.05, 0.1) is 13.7 Å². The van der Waals surface area contributed by atoms with Gasteiger partial charge in [-0.05, 0) is 18.9 Å². The summed E-state index contributed by atoms with van der Waals surface area (Å²) in [5.41, 5.74) is 0.787. The Bertz CT molecular complexity index is 457. The van der Waals surface area contributed by atoms with Crippen molar-refractivity contribution in [1.29, 1.82) is 0 Å². The molecule has 0 fully saturated rings. The highest BCUT2D eigenvalue weighted by Crippen LogP contribution is 2.34. The maximum Gasteiger partial charge on any atom is 0.339 e. The molecule has 0 aliphatic carbocycles. The molecule has 0 saturated carbocycles. The van der Waals surface area contributed by atoms with Crippen LogP contribution in [0.3, 0.4) is 0 Å². The number of benzene rings is 1. The molecule has 0 radical (unpaired) electrons. The number of ether oxygens (including phenoxy) is 2. The maximum atomic E-state index is 13.5. The number of esters is 1. The number of carbonyl (C=O) groups excluding carboxylic acids is 1. The number of hydrogen-bond acceptors (Lipinski definition) is 4. The van der Waals surface area contributed by atoms with E-state index in [0.29, 0.717) is 11.3 Å². The average molecular weight is 270 g/mol. The Morgan fingerprint density at radius 2 is 2.05 bits per heavy atom. The second kappa shape index (κ2) is 6.52. The zero-order valence-electron chi connectivity index (χ0n) is 11.6. The molecule has 0 aromatic heterocycles. The van der Waals surface area contributed by atoms with Gasteiger partial charge in [-0.15, -0.1) is 0 Å². The average Bonchev–Trinajstić information content (AvgIpc) is 2.36. The van der Waals surface area contributed by atoms with Crippen molar-refractivity contribution in [3.63, 3.8) is 0 Å². The molecule has 1 unspecified atom stereocenters. The predicted octanol–water partition coefficient (Wildman–Crippen LogP) is 2.55. The van der Waals surface area contributed by atoms with Crippen LogP contribution in [0.2, 0.25) is 0 Å². The maximum absolute atomic E-state index is 13.5. The van der Waals surface area contributed by atoms with Crippen molar-refractivity contribution in [2.45, 2.75) is 32.8 Å². The molecule has 1 aromatic rings. The number of halogens is 1. The Morgan fingerprint density at radius 1 is 1.42 bits per heavy atom. The lowest BCUT2D eigenvalue weighted by atomic mass is 9.92. The summed E-state index contributed by atoms with van der Waals surface area (Å²) in [7, 11) is 1.42. The molecule has 0 aliphatic heterocycles. The van der Waals surface area contributed by atoms with Gasteiger partial charge >= 0.3 is 5.97 Å². The molecule has 0 aliphatic rings. The summed E-state index contributed by atoms with van der Waals surface area (Å²) in [5, 5.41) is 10.00. The van der Waals surface area contributed by atoms with E-state index in [0.717, 1.165) is 6.07 Å². The van der Waals surface area contributed by atoms with E-state index < -0.39 is 17.9 Å². The second-order valence-corrected chi connectivity index (χ2v) is 4.42. The molecule has 0 bridgehead atoms. The van der Waals surface area contributed by atoms with Crippen LogP contribution >= 0.6 is 0 Å². The van der Waals surface area contributed by atoms with Crippen LogP contribution in [-0.2, 0) is 9.53 Å². The van der Waals surface area contributed by atoms with Crippen LogP contribution in [0.1, 0.15) is 43.9 Å². The number of aliphatic hydroxyl groups excluding tert-OH is 1. The fourth-order valence-corrected chi connectivity index (χ4v) is 1.97. The number of hydrogen-bond donors (Lipinski definition) is 1. The van der Waals surface area contributed by atoms with Gasteiger partial charge in [0, 0.05) is 17.2 Å². The minimum absolute atomic E-state index is 0.0328. The van der Waals surface area contributed by atoms with E-state index in [-0.39, 0.29) is 18.1 Å². The summed E-state index contributed by atoms with van der Waals surface area (Å²) in [6.45, 7) is 5.54. The Balaban J connectivity index is 3.32. The molecule has 0 heterocycles. The monoisotopic (exact) mass is 270 g/mol. The molecule has 4 nitrogen and oxygen atoms in total.